The van der Waals surface area contributed by atoms with Crippen LogP contribution in [0.4, 0.5) is 0 Å². The van der Waals surface area contributed by atoms with Crippen molar-refractivity contribution in [2.24, 2.45) is 0 Å². The molecule has 0 fully saturated rings. The molecule has 0 aliphatic rings. The van der Waals surface area contributed by atoms with E-state index in [4.69, 9.17) is 12.2 Å². The number of carbonyl (C=O) groups excluding carboxylic acids is 1. The van der Waals surface area contributed by atoms with Gasteiger partial charge in [0.2, 0.25) is 0 Å². The predicted molar refractivity (Wildman–Crippen MR) is 43.8 cm³/mol. The summed E-state index contributed by atoms with van der Waals surface area (Å²) in [4.78, 5) is 11.6. The van der Waals surface area contributed by atoms with Crippen molar-refractivity contribution in [3.8, 4) is 0 Å². The van der Waals surface area contributed by atoms with Crippen molar-refractivity contribution in [1.29, 1.82) is 0 Å². The number of hydrogen-bond acceptors (Lipinski definition) is 4. The fourth-order valence-electron chi connectivity index (χ4n) is 0.250. The van der Waals surface area contributed by atoms with Gasteiger partial charge in [0, 0.05) is 19.8 Å². The minimum Gasteiger partial charge on any atom is -0.549 e. The summed E-state index contributed by atoms with van der Waals surface area (Å²) < 4.78 is 0.559. The van der Waals surface area contributed by atoms with Gasteiger partial charge in [-0.25, -0.2) is 0 Å². The molecule has 0 atom stereocenters. The molecule has 0 aliphatic heterocycles. The Morgan fingerprint density at radius 3 is 2.50 bits per heavy atom. The van der Waals surface area contributed by atoms with Gasteiger partial charge in [0.1, 0.15) is 4.32 Å². The molecule has 0 bridgehead atoms. The number of thioether (sulfide) groups is 1. The summed E-state index contributed by atoms with van der Waals surface area (Å²) in [5.74, 6) is -1.16. The molecule has 0 aromatic carbocycles. The van der Waals surface area contributed by atoms with Crippen LogP contribution in [0.15, 0.2) is 0 Å². The third-order valence-corrected chi connectivity index (χ3v) is 2.39. The summed E-state index contributed by atoms with van der Waals surface area (Å²) in [6, 6.07) is 0. The van der Waals surface area contributed by atoms with Crippen molar-refractivity contribution in [2.45, 2.75) is 0 Å². The topological polar surface area (TPSA) is 43.4 Å². The van der Waals surface area contributed by atoms with E-state index in [1.54, 1.807) is 19.0 Å². The molecule has 10 heavy (non-hydrogen) atoms. The highest BCUT2D eigenvalue weighted by molar-refractivity contribution is 8.23. The molecule has 0 aromatic heterocycles. The van der Waals surface area contributed by atoms with Crippen molar-refractivity contribution >= 4 is 34.3 Å². The fraction of sp³-hybridized carbons (Fsp3) is 0.600. The first kappa shape index (κ1) is 9.71. The van der Waals surface area contributed by atoms with Gasteiger partial charge in [-0.05, 0) is 0 Å². The van der Waals surface area contributed by atoms with Gasteiger partial charge in [0.25, 0.3) is 0 Å². The number of hydrogen-bond donors (Lipinski definition) is 0. The van der Waals surface area contributed by atoms with Gasteiger partial charge in [0.05, 0.1) is 5.97 Å². The van der Waals surface area contributed by atoms with Crippen molar-refractivity contribution in [3.63, 3.8) is 0 Å². The van der Waals surface area contributed by atoms with Crippen LogP contribution in [0, 0.1) is 0 Å². The second-order valence-corrected chi connectivity index (χ2v) is 3.43. The van der Waals surface area contributed by atoms with E-state index in [1.165, 1.54) is 0 Å². The summed E-state index contributed by atoms with van der Waals surface area (Å²) in [6.45, 7) is 0. The normalized spacial score (nSPS) is 9.00. The molecule has 0 spiro atoms. The van der Waals surface area contributed by atoms with Crippen LogP contribution in [0.3, 0.4) is 0 Å². The monoisotopic (exact) mass is 178 g/mol. The quantitative estimate of drug-likeness (QED) is 0.524. The van der Waals surface area contributed by atoms with Crippen LogP contribution < -0.4 is 5.11 Å². The largest absolute Gasteiger partial charge is 0.549 e. The third-order valence-electron chi connectivity index (χ3n) is 0.679. The van der Waals surface area contributed by atoms with E-state index in [1.807, 2.05) is 0 Å². The highest BCUT2D eigenvalue weighted by atomic mass is 32.2. The fourth-order valence-corrected chi connectivity index (χ4v) is 0.926. The summed E-state index contributed by atoms with van der Waals surface area (Å²) in [7, 11) is 3.54. The average molecular weight is 178 g/mol. The number of carboxylic acids is 1. The zero-order valence-electron chi connectivity index (χ0n) is 5.79. The molecule has 0 saturated heterocycles. The number of rotatable bonds is 2. The van der Waals surface area contributed by atoms with Crippen LogP contribution in [-0.2, 0) is 4.79 Å². The molecule has 0 amide bonds. The first-order chi connectivity index (χ1) is 4.54. The standard InChI is InChI=1S/C5H9NO2S2/c1-6(2)5(9)10-3-4(7)8/h3H2,1-2H3,(H,7,8)/p-1. The minimum absolute atomic E-state index is 0.0724. The minimum atomic E-state index is -1.09. The van der Waals surface area contributed by atoms with E-state index in [2.05, 4.69) is 0 Å². The van der Waals surface area contributed by atoms with E-state index < -0.39 is 5.97 Å². The Morgan fingerprint density at radius 2 is 2.20 bits per heavy atom. The van der Waals surface area contributed by atoms with Crippen molar-refractivity contribution < 1.29 is 9.90 Å². The van der Waals surface area contributed by atoms with Gasteiger partial charge in [-0.1, -0.05) is 24.0 Å². The lowest BCUT2D eigenvalue weighted by molar-refractivity contribution is -0.301. The molecule has 0 unspecified atom stereocenters. The lowest BCUT2D eigenvalue weighted by atomic mass is 10.8. The summed E-state index contributed by atoms with van der Waals surface area (Å²) >= 11 is 5.88. The van der Waals surface area contributed by atoms with Gasteiger partial charge < -0.3 is 14.8 Å². The molecular weight excluding hydrogens is 170 g/mol. The Morgan fingerprint density at radius 1 is 1.70 bits per heavy atom. The Bertz CT molecular complexity index is 147. The second-order valence-electron chi connectivity index (χ2n) is 1.82. The van der Waals surface area contributed by atoms with E-state index in [-0.39, 0.29) is 5.75 Å². The third kappa shape index (κ3) is 4.58. The number of carbonyl (C=O) groups is 1. The van der Waals surface area contributed by atoms with Gasteiger partial charge in [-0.2, -0.15) is 0 Å². The molecule has 0 aliphatic carbocycles. The van der Waals surface area contributed by atoms with Crippen LogP contribution in [0.2, 0.25) is 0 Å². The lowest BCUT2D eigenvalue weighted by Crippen LogP contribution is -2.26. The highest BCUT2D eigenvalue weighted by Gasteiger charge is 1.98. The summed E-state index contributed by atoms with van der Waals surface area (Å²) in [6.07, 6.45) is 0. The average Bonchev–Trinajstić information content (AvgIpc) is 1.82. The van der Waals surface area contributed by atoms with Crippen molar-refractivity contribution in [2.75, 3.05) is 19.8 Å². The van der Waals surface area contributed by atoms with Crippen LogP contribution in [0.1, 0.15) is 0 Å². The predicted octanol–water partition coefficient (Wildman–Crippen LogP) is -0.684. The molecule has 0 aromatic rings. The van der Waals surface area contributed by atoms with Crippen LogP contribution in [0.5, 0.6) is 0 Å². The van der Waals surface area contributed by atoms with Gasteiger partial charge in [0.15, 0.2) is 0 Å². The molecule has 0 heterocycles. The maximum atomic E-state index is 9.92. The zero-order valence-corrected chi connectivity index (χ0v) is 7.42. The molecule has 0 N–H and O–H groups in total. The molecule has 0 saturated carbocycles. The summed E-state index contributed by atoms with van der Waals surface area (Å²) in [5.41, 5.74) is 0. The number of aliphatic carboxylic acids is 1. The van der Waals surface area contributed by atoms with Crippen LogP contribution in [0.25, 0.3) is 0 Å². The Kier molecular flexibility index (Phi) is 4.38. The smallest absolute Gasteiger partial charge is 0.136 e. The Hall–Kier alpha value is -0.290. The van der Waals surface area contributed by atoms with Crippen LogP contribution >= 0.6 is 24.0 Å². The number of thiocarbonyl (C=S) groups is 1. The molecular formula is C5H8NO2S2-. The Balaban J connectivity index is 3.50. The van der Waals surface area contributed by atoms with Gasteiger partial charge >= 0.3 is 0 Å². The van der Waals surface area contributed by atoms with E-state index in [0.29, 0.717) is 4.32 Å². The second kappa shape index (κ2) is 4.51. The lowest BCUT2D eigenvalue weighted by Gasteiger charge is -2.12. The number of carboxylic acid groups (broad SMARTS) is 1. The van der Waals surface area contributed by atoms with E-state index in [9.17, 15) is 9.90 Å². The van der Waals surface area contributed by atoms with Crippen molar-refractivity contribution in [1.82, 2.24) is 4.90 Å². The van der Waals surface area contributed by atoms with Gasteiger partial charge in [-0.15, -0.1) is 0 Å². The first-order valence-corrected chi connectivity index (χ1v) is 3.97. The zero-order chi connectivity index (χ0) is 8.15. The molecule has 3 nitrogen and oxygen atoms in total. The number of nitrogens with zero attached hydrogens (tertiary/aromatic N) is 1. The van der Waals surface area contributed by atoms with E-state index in [0.717, 1.165) is 11.8 Å². The molecule has 58 valence electrons. The van der Waals surface area contributed by atoms with Crippen molar-refractivity contribution in [3.05, 3.63) is 0 Å². The molecule has 0 radical (unpaired) electrons. The SMILES string of the molecule is CN(C)C(=S)SCC(=O)[O-]. The van der Waals surface area contributed by atoms with E-state index >= 15 is 0 Å². The summed E-state index contributed by atoms with van der Waals surface area (Å²) in [5, 5.41) is 9.92. The van der Waals surface area contributed by atoms with Gasteiger partial charge in [-0.3, -0.25) is 0 Å². The first-order valence-electron chi connectivity index (χ1n) is 2.58. The molecule has 5 heteroatoms. The Labute approximate surface area is 69.4 Å². The molecule has 0 rings (SSSR count). The highest BCUT2D eigenvalue weighted by Crippen LogP contribution is 2.04. The maximum absolute atomic E-state index is 9.92. The van der Waals surface area contributed by atoms with Crippen LogP contribution in [-0.4, -0.2) is 35.0 Å². The maximum Gasteiger partial charge on any atom is 0.136 e.